The lowest BCUT2D eigenvalue weighted by Gasteiger charge is -2.03. The van der Waals surface area contributed by atoms with Crippen LogP contribution in [0.15, 0.2) is 40.6 Å². The number of thioether (sulfide) groups is 1. The number of aryl methyl sites for hydroxylation is 1. The standard InChI is InChI=1S/C18H16Cl2N2OS3/c1-11-4-6-12(7-5-11)24-8-2-3-16(23)22-18-21-14(10-25-18)13-9-15(19)26-17(13)20/h4-7,9-10H,2-3,8H2,1H3,(H,21,22,23). The van der Waals surface area contributed by atoms with Crippen LogP contribution in [0.1, 0.15) is 18.4 Å². The van der Waals surface area contributed by atoms with E-state index in [9.17, 15) is 4.79 Å². The minimum atomic E-state index is -0.0233. The molecule has 0 fully saturated rings. The number of thiophene rings is 1. The Kier molecular flexibility index (Phi) is 7.00. The highest BCUT2D eigenvalue weighted by atomic mass is 35.5. The number of halogens is 2. The number of nitrogens with zero attached hydrogens (tertiary/aromatic N) is 1. The fourth-order valence-electron chi connectivity index (χ4n) is 2.21. The number of nitrogens with one attached hydrogen (secondary N) is 1. The molecule has 0 bridgehead atoms. The van der Waals surface area contributed by atoms with Crippen molar-refractivity contribution in [1.82, 2.24) is 4.98 Å². The second kappa shape index (κ2) is 9.24. The summed E-state index contributed by atoms with van der Waals surface area (Å²) in [5.41, 5.74) is 2.78. The van der Waals surface area contributed by atoms with Crippen molar-refractivity contribution in [2.24, 2.45) is 0 Å². The van der Waals surface area contributed by atoms with Gasteiger partial charge in [0.2, 0.25) is 5.91 Å². The van der Waals surface area contributed by atoms with Gasteiger partial charge >= 0.3 is 0 Å². The number of rotatable bonds is 7. The lowest BCUT2D eigenvalue weighted by atomic mass is 10.2. The van der Waals surface area contributed by atoms with Crippen LogP contribution in [0.2, 0.25) is 8.67 Å². The Morgan fingerprint density at radius 3 is 2.73 bits per heavy atom. The van der Waals surface area contributed by atoms with Crippen molar-refractivity contribution in [3.05, 3.63) is 49.9 Å². The molecule has 0 aliphatic rings. The SMILES string of the molecule is Cc1ccc(SCCCC(=O)Nc2nc(-c3cc(Cl)sc3Cl)cs2)cc1. The number of amides is 1. The van der Waals surface area contributed by atoms with Gasteiger partial charge in [-0.2, -0.15) is 0 Å². The van der Waals surface area contributed by atoms with E-state index < -0.39 is 0 Å². The Morgan fingerprint density at radius 2 is 2.04 bits per heavy atom. The molecule has 0 atom stereocenters. The van der Waals surface area contributed by atoms with E-state index in [1.54, 1.807) is 17.8 Å². The first-order chi connectivity index (χ1) is 12.5. The summed E-state index contributed by atoms with van der Waals surface area (Å²) in [7, 11) is 0. The fourth-order valence-corrected chi connectivity index (χ4v) is 5.27. The molecule has 3 nitrogen and oxygen atoms in total. The van der Waals surface area contributed by atoms with Crippen LogP contribution in [0.3, 0.4) is 0 Å². The van der Waals surface area contributed by atoms with Gasteiger partial charge in [0, 0.05) is 22.3 Å². The van der Waals surface area contributed by atoms with E-state index in [1.165, 1.54) is 33.1 Å². The Morgan fingerprint density at radius 1 is 1.27 bits per heavy atom. The molecular weight excluding hydrogens is 427 g/mol. The second-order valence-corrected chi connectivity index (χ2v) is 9.90. The van der Waals surface area contributed by atoms with Crippen molar-refractivity contribution in [3.8, 4) is 11.3 Å². The van der Waals surface area contributed by atoms with Gasteiger partial charge in [-0.3, -0.25) is 4.79 Å². The molecule has 1 N–H and O–H groups in total. The Bertz CT molecular complexity index is 890. The third-order valence-electron chi connectivity index (χ3n) is 3.52. The number of aromatic nitrogens is 1. The van der Waals surface area contributed by atoms with Crippen molar-refractivity contribution in [2.45, 2.75) is 24.7 Å². The minimum absolute atomic E-state index is 0.0233. The molecule has 0 saturated carbocycles. The van der Waals surface area contributed by atoms with E-state index in [2.05, 4.69) is 41.5 Å². The van der Waals surface area contributed by atoms with Crippen molar-refractivity contribution >= 4 is 68.7 Å². The molecule has 1 amide bonds. The highest BCUT2D eigenvalue weighted by Crippen LogP contribution is 2.39. The van der Waals surface area contributed by atoms with Crippen LogP contribution in [0.5, 0.6) is 0 Å². The van der Waals surface area contributed by atoms with Crippen LogP contribution in [-0.4, -0.2) is 16.6 Å². The maximum absolute atomic E-state index is 12.1. The molecular formula is C18H16Cl2N2OS3. The normalized spacial score (nSPS) is 10.9. The van der Waals surface area contributed by atoms with Crippen LogP contribution in [0, 0.1) is 6.92 Å². The third kappa shape index (κ3) is 5.47. The van der Waals surface area contributed by atoms with Gasteiger partial charge in [-0.1, -0.05) is 40.9 Å². The maximum Gasteiger partial charge on any atom is 0.226 e. The fraction of sp³-hybridized carbons (Fsp3) is 0.222. The predicted molar refractivity (Wildman–Crippen MR) is 115 cm³/mol. The molecule has 0 unspecified atom stereocenters. The molecule has 2 heterocycles. The summed E-state index contributed by atoms with van der Waals surface area (Å²) in [6.07, 6.45) is 1.29. The molecule has 8 heteroatoms. The van der Waals surface area contributed by atoms with Gasteiger partial charge in [0.05, 0.1) is 10.0 Å². The van der Waals surface area contributed by atoms with E-state index in [0.29, 0.717) is 20.2 Å². The maximum atomic E-state index is 12.1. The zero-order valence-corrected chi connectivity index (χ0v) is 17.9. The molecule has 0 spiro atoms. The number of hydrogen-bond donors (Lipinski definition) is 1. The first kappa shape index (κ1) is 19.7. The topological polar surface area (TPSA) is 42.0 Å². The number of carbonyl (C=O) groups is 1. The first-order valence-electron chi connectivity index (χ1n) is 7.91. The van der Waals surface area contributed by atoms with Gasteiger partial charge in [0.1, 0.15) is 4.34 Å². The largest absolute Gasteiger partial charge is 0.302 e. The zero-order chi connectivity index (χ0) is 18.5. The number of hydrogen-bond acceptors (Lipinski definition) is 5. The van der Waals surface area contributed by atoms with Gasteiger partial charge < -0.3 is 5.32 Å². The molecule has 3 rings (SSSR count). The van der Waals surface area contributed by atoms with Crippen molar-refractivity contribution in [3.63, 3.8) is 0 Å². The van der Waals surface area contributed by atoms with Crippen LogP contribution < -0.4 is 5.32 Å². The summed E-state index contributed by atoms with van der Waals surface area (Å²) in [6.45, 7) is 2.07. The summed E-state index contributed by atoms with van der Waals surface area (Å²) < 4.78 is 1.22. The van der Waals surface area contributed by atoms with Crippen molar-refractivity contribution in [1.29, 1.82) is 0 Å². The highest BCUT2D eigenvalue weighted by Gasteiger charge is 2.13. The van der Waals surface area contributed by atoms with Gasteiger partial charge in [0.15, 0.2) is 5.13 Å². The summed E-state index contributed by atoms with van der Waals surface area (Å²) in [4.78, 5) is 17.7. The van der Waals surface area contributed by atoms with Crippen LogP contribution in [-0.2, 0) is 4.79 Å². The lowest BCUT2D eigenvalue weighted by Crippen LogP contribution is -2.11. The molecule has 0 aliphatic carbocycles. The van der Waals surface area contributed by atoms with Crippen LogP contribution >= 0.6 is 57.6 Å². The van der Waals surface area contributed by atoms with Crippen LogP contribution in [0.25, 0.3) is 11.3 Å². The second-order valence-electron chi connectivity index (χ2n) is 5.59. The number of benzene rings is 1. The number of thiazole rings is 1. The summed E-state index contributed by atoms with van der Waals surface area (Å²) >= 11 is 16.6. The molecule has 2 aromatic heterocycles. The summed E-state index contributed by atoms with van der Waals surface area (Å²) in [5.74, 6) is 0.882. The van der Waals surface area contributed by atoms with Gasteiger partial charge in [-0.25, -0.2) is 4.98 Å². The number of carbonyl (C=O) groups excluding carboxylic acids is 1. The van der Waals surface area contributed by atoms with Crippen LogP contribution in [0.4, 0.5) is 5.13 Å². The molecule has 0 radical (unpaired) electrons. The number of anilines is 1. The Labute approximate surface area is 174 Å². The monoisotopic (exact) mass is 442 g/mol. The average Bonchev–Trinajstić information content (AvgIpc) is 3.19. The lowest BCUT2D eigenvalue weighted by molar-refractivity contribution is -0.116. The van der Waals surface area contributed by atoms with E-state index in [4.69, 9.17) is 23.2 Å². The highest BCUT2D eigenvalue weighted by molar-refractivity contribution is 7.99. The first-order valence-corrected chi connectivity index (χ1v) is 11.3. The van der Waals surface area contributed by atoms with E-state index in [0.717, 1.165) is 23.4 Å². The quantitative estimate of drug-likeness (QED) is 0.316. The Hall–Kier alpha value is -1.05. The molecule has 0 aliphatic heterocycles. The summed E-state index contributed by atoms with van der Waals surface area (Å²) in [6, 6.07) is 10.2. The molecule has 136 valence electrons. The smallest absolute Gasteiger partial charge is 0.226 e. The van der Waals surface area contributed by atoms with Crippen molar-refractivity contribution < 1.29 is 4.79 Å². The van der Waals surface area contributed by atoms with Gasteiger partial charge in [-0.15, -0.1) is 34.4 Å². The zero-order valence-electron chi connectivity index (χ0n) is 13.9. The Balaban J connectivity index is 1.45. The minimum Gasteiger partial charge on any atom is -0.302 e. The predicted octanol–water partition coefficient (Wildman–Crippen LogP) is 7.00. The molecule has 0 saturated heterocycles. The summed E-state index contributed by atoms with van der Waals surface area (Å²) in [5, 5.41) is 5.30. The van der Waals surface area contributed by atoms with Crippen molar-refractivity contribution in [2.75, 3.05) is 11.1 Å². The molecule has 26 heavy (non-hydrogen) atoms. The third-order valence-corrected chi connectivity index (χ3v) is 6.86. The van der Waals surface area contributed by atoms with Gasteiger partial charge in [0.25, 0.3) is 0 Å². The average molecular weight is 443 g/mol. The van der Waals surface area contributed by atoms with E-state index in [1.807, 2.05) is 5.38 Å². The van der Waals surface area contributed by atoms with E-state index >= 15 is 0 Å². The van der Waals surface area contributed by atoms with Gasteiger partial charge in [-0.05, 0) is 37.3 Å². The molecule has 3 aromatic rings. The van der Waals surface area contributed by atoms with E-state index in [-0.39, 0.29) is 5.91 Å². The molecule has 1 aromatic carbocycles.